The Morgan fingerprint density at radius 1 is 1.03 bits per heavy atom. The quantitative estimate of drug-likeness (QED) is 0.554. The molecule has 6 heteroatoms. The van der Waals surface area contributed by atoms with Gasteiger partial charge in [-0.05, 0) is 53.0 Å². The van der Waals surface area contributed by atoms with Crippen LogP contribution < -0.4 is 0 Å². The highest BCUT2D eigenvalue weighted by atomic mass is 16.2. The Labute approximate surface area is 172 Å². The third kappa shape index (κ3) is 4.07. The molecule has 0 N–H and O–H groups in total. The van der Waals surface area contributed by atoms with Gasteiger partial charge >= 0.3 is 0 Å². The van der Waals surface area contributed by atoms with Gasteiger partial charge in [-0.15, -0.1) is 0 Å². The maximum Gasteiger partial charge on any atom is 0.295 e. The van der Waals surface area contributed by atoms with Crippen LogP contribution in [0.3, 0.4) is 0 Å². The molecule has 6 nitrogen and oxygen atoms in total. The minimum atomic E-state index is -0.490. The zero-order valence-electron chi connectivity index (χ0n) is 17.9. The predicted molar refractivity (Wildman–Crippen MR) is 114 cm³/mol. The molecule has 0 spiro atoms. The van der Waals surface area contributed by atoms with E-state index in [1.807, 2.05) is 52.0 Å². The minimum absolute atomic E-state index is 0.000599. The average Bonchev–Trinajstić information content (AvgIpc) is 3.06. The van der Waals surface area contributed by atoms with Gasteiger partial charge in [0.05, 0.1) is 5.56 Å². The largest absolute Gasteiger partial charge is 0.342 e. The summed E-state index contributed by atoms with van der Waals surface area (Å²) < 4.78 is 1.79. The van der Waals surface area contributed by atoms with E-state index in [0.717, 1.165) is 30.2 Å². The first-order valence-electron chi connectivity index (χ1n) is 10.6. The summed E-state index contributed by atoms with van der Waals surface area (Å²) in [5.74, 6) is -0.933. The summed E-state index contributed by atoms with van der Waals surface area (Å²) in [5, 5.41) is 0.718. The average molecular weight is 398 g/mol. The van der Waals surface area contributed by atoms with Gasteiger partial charge in [0.1, 0.15) is 6.54 Å². The van der Waals surface area contributed by atoms with Gasteiger partial charge in [0.25, 0.3) is 11.7 Å². The van der Waals surface area contributed by atoms with Gasteiger partial charge in [-0.1, -0.05) is 18.2 Å². The minimum Gasteiger partial charge on any atom is -0.342 e. The van der Waals surface area contributed by atoms with Crippen molar-refractivity contribution in [3.63, 3.8) is 0 Å². The Morgan fingerprint density at radius 2 is 1.66 bits per heavy atom. The Balaban J connectivity index is 1.94. The number of amides is 2. The number of nitrogens with zero attached hydrogens (tertiary/aromatic N) is 3. The summed E-state index contributed by atoms with van der Waals surface area (Å²) in [6.07, 6.45) is 4.59. The van der Waals surface area contributed by atoms with Gasteiger partial charge in [-0.25, -0.2) is 0 Å². The molecule has 0 bridgehead atoms. The van der Waals surface area contributed by atoms with Gasteiger partial charge in [-0.3, -0.25) is 14.4 Å². The molecule has 1 saturated heterocycles. The number of likely N-dealkylation sites (tertiary alicyclic amines) is 1. The maximum atomic E-state index is 13.2. The number of hydrogen-bond donors (Lipinski definition) is 0. The van der Waals surface area contributed by atoms with Crippen LogP contribution >= 0.6 is 0 Å². The van der Waals surface area contributed by atoms with E-state index in [0.29, 0.717) is 18.7 Å². The number of rotatable bonds is 6. The number of aromatic nitrogens is 1. The zero-order chi connectivity index (χ0) is 21.1. The van der Waals surface area contributed by atoms with E-state index in [1.165, 1.54) is 0 Å². The van der Waals surface area contributed by atoms with Crippen LogP contribution in [0.5, 0.6) is 0 Å². The van der Waals surface area contributed by atoms with Crippen molar-refractivity contribution in [3.8, 4) is 0 Å². The first-order chi connectivity index (χ1) is 13.9. The van der Waals surface area contributed by atoms with Crippen LogP contribution in [0, 0.1) is 0 Å². The van der Waals surface area contributed by atoms with Crippen molar-refractivity contribution in [1.82, 2.24) is 14.4 Å². The van der Waals surface area contributed by atoms with Crippen LogP contribution in [0.2, 0.25) is 0 Å². The lowest BCUT2D eigenvalue weighted by molar-refractivity contribution is -0.132. The predicted octanol–water partition coefficient (Wildman–Crippen LogP) is 3.48. The second-order valence-corrected chi connectivity index (χ2v) is 7.92. The van der Waals surface area contributed by atoms with Crippen LogP contribution in [0.1, 0.15) is 57.3 Å². The molecule has 2 heterocycles. The number of carbonyl (C=O) groups is 3. The molecular formula is C23H31N3O3. The number of benzene rings is 1. The molecular weight excluding hydrogens is 366 g/mol. The fraction of sp³-hybridized carbons (Fsp3) is 0.522. The van der Waals surface area contributed by atoms with Gasteiger partial charge in [0.2, 0.25) is 5.91 Å². The van der Waals surface area contributed by atoms with E-state index in [9.17, 15) is 14.4 Å². The summed E-state index contributed by atoms with van der Waals surface area (Å²) in [6.45, 7) is 9.35. The van der Waals surface area contributed by atoms with Crippen molar-refractivity contribution in [1.29, 1.82) is 0 Å². The van der Waals surface area contributed by atoms with E-state index in [1.54, 1.807) is 20.6 Å². The Hall–Kier alpha value is -2.63. The molecule has 1 fully saturated rings. The van der Waals surface area contributed by atoms with E-state index >= 15 is 0 Å². The molecule has 2 atom stereocenters. The van der Waals surface area contributed by atoms with Crippen molar-refractivity contribution < 1.29 is 14.4 Å². The van der Waals surface area contributed by atoms with Gasteiger partial charge in [0, 0.05) is 42.3 Å². The van der Waals surface area contributed by atoms with Crippen LogP contribution in [-0.2, 0) is 16.1 Å². The van der Waals surface area contributed by atoms with E-state index in [2.05, 4.69) is 0 Å². The van der Waals surface area contributed by atoms with E-state index in [-0.39, 0.29) is 24.5 Å². The molecule has 1 aliphatic rings. The SMILES string of the molecule is CCN(CC)C(=O)Cn1cc(C(=O)C(=O)N2[C@H](C)CCC[C@H]2C)c2ccccc21. The summed E-state index contributed by atoms with van der Waals surface area (Å²) in [5.41, 5.74) is 1.17. The van der Waals surface area contributed by atoms with Crippen LogP contribution in [0.4, 0.5) is 0 Å². The fourth-order valence-corrected chi connectivity index (χ4v) is 4.43. The molecule has 2 amide bonds. The van der Waals surface area contributed by atoms with Crippen molar-refractivity contribution in [2.45, 2.75) is 65.6 Å². The monoisotopic (exact) mass is 397 g/mol. The molecule has 1 aromatic heterocycles. The number of Topliss-reactive ketones (excluding diaryl/α,β-unsaturated/α-hetero) is 1. The molecule has 3 rings (SSSR count). The Morgan fingerprint density at radius 3 is 2.28 bits per heavy atom. The molecule has 0 unspecified atom stereocenters. The van der Waals surface area contributed by atoms with E-state index < -0.39 is 11.7 Å². The van der Waals surface area contributed by atoms with Crippen LogP contribution in [-0.4, -0.2) is 57.1 Å². The third-order valence-corrected chi connectivity index (χ3v) is 6.08. The summed E-state index contributed by atoms with van der Waals surface area (Å²) in [7, 11) is 0. The fourth-order valence-electron chi connectivity index (χ4n) is 4.43. The van der Waals surface area contributed by atoms with E-state index in [4.69, 9.17) is 0 Å². The first-order valence-corrected chi connectivity index (χ1v) is 10.6. The summed E-state index contributed by atoms with van der Waals surface area (Å²) in [6, 6.07) is 7.59. The summed E-state index contributed by atoms with van der Waals surface area (Å²) >= 11 is 0. The maximum absolute atomic E-state index is 13.2. The number of para-hydroxylation sites is 1. The second-order valence-electron chi connectivity index (χ2n) is 7.92. The lowest BCUT2D eigenvalue weighted by atomic mass is 9.96. The number of hydrogen-bond acceptors (Lipinski definition) is 3. The number of likely N-dealkylation sites (N-methyl/N-ethyl adjacent to an activating group) is 1. The highest BCUT2D eigenvalue weighted by molar-refractivity contribution is 6.45. The molecule has 156 valence electrons. The highest BCUT2D eigenvalue weighted by Crippen LogP contribution is 2.26. The van der Waals surface area contributed by atoms with Crippen molar-refractivity contribution in [2.24, 2.45) is 0 Å². The zero-order valence-corrected chi connectivity index (χ0v) is 17.9. The number of carbonyl (C=O) groups excluding carboxylic acids is 3. The van der Waals surface area contributed by atoms with Gasteiger partial charge in [0.15, 0.2) is 0 Å². The van der Waals surface area contributed by atoms with Gasteiger partial charge < -0.3 is 14.4 Å². The first kappa shape index (κ1) is 21.1. The third-order valence-electron chi connectivity index (χ3n) is 6.08. The molecule has 2 aromatic rings. The number of fused-ring (bicyclic) bond motifs is 1. The highest BCUT2D eigenvalue weighted by Gasteiger charge is 2.34. The van der Waals surface area contributed by atoms with Crippen LogP contribution in [0.15, 0.2) is 30.5 Å². The lowest BCUT2D eigenvalue weighted by Crippen LogP contribution is -2.50. The topological polar surface area (TPSA) is 62.6 Å². The standard InChI is InChI=1S/C23H31N3O3/c1-5-24(6-2)21(27)15-25-14-19(18-12-7-8-13-20(18)25)22(28)23(29)26-16(3)10-9-11-17(26)4/h7-8,12-14,16-17H,5-6,9-11,15H2,1-4H3/t16-,17-/m1/s1. The summed E-state index contributed by atoms with van der Waals surface area (Å²) in [4.78, 5) is 42.4. The molecule has 29 heavy (non-hydrogen) atoms. The Kier molecular flexibility index (Phi) is 6.40. The number of piperidine rings is 1. The second kappa shape index (κ2) is 8.80. The Bertz CT molecular complexity index is 903. The van der Waals surface area contributed by atoms with Crippen molar-refractivity contribution >= 4 is 28.5 Å². The van der Waals surface area contributed by atoms with Gasteiger partial charge in [-0.2, -0.15) is 0 Å². The molecule has 1 aliphatic heterocycles. The van der Waals surface area contributed by atoms with Crippen molar-refractivity contribution in [2.75, 3.05) is 13.1 Å². The number of ketones is 1. The lowest BCUT2D eigenvalue weighted by Gasteiger charge is -2.38. The van der Waals surface area contributed by atoms with Crippen molar-refractivity contribution in [3.05, 3.63) is 36.0 Å². The normalized spacial score (nSPS) is 19.4. The smallest absolute Gasteiger partial charge is 0.295 e. The molecule has 0 saturated carbocycles. The van der Waals surface area contributed by atoms with Crippen LogP contribution in [0.25, 0.3) is 10.9 Å². The molecule has 0 aliphatic carbocycles. The molecule has 0 radical (unpaired) electrons. The molecule has 1 aromatic carbocycles.